The second-order valence-electron chi connectivity index (χ2n) is 5.15. The first-order valence-electron chi connectivity index (χ1n) is 7.18. The Morgan fingerprint density at radius 3 is 3.06 bits per heavy atom. The van der Waals surface area contributed by atoms with Gasteiger partial charge in [-0.1, -0.05) is 31.2 Å². The van der Waals surface area contributed by atoms with Crippen molar-refractivity contribution in [3.8, 4) is 0 Å². The third-order valence-electron chi connectivity index (χ3n) is 3.79. The molecular formula is C16H24O2. The quantitative estimate of drug-likeness (QED) is 0.779. The van der Waals surface area contributed by atoms with Crippen LogP contribution < -0.4 is 0 Å². The molecule has 0 heterocycles. The van der Waals surface area contributed by atoms with Gasteiger partial charge in [-0.15, -0.1) is 0 Å². The molecule has 0 fully saturated rings. The molecule has 0 aliphatic heterocycles. The standard InChI is InChI=1S/C16H24O2/c1-2-14(17)9-6-12-18-16-11-5-8-13-7-3-4-10-15(13)16/h3-4,7,10,14,16-17H,2,5-6,8-9,11-12H2,1H3. The molecule has 0 bridgehead atoms. The van der Waals surface area contributed by atoms with Gasteiger partial charge in [-0.05, 0) is 49.7 Å². The SMILES string of the molecule is CCC(O)CCCOC1CCCc2ccccc21. The molecule has 2 nitrogen and oxygen atoms in total. The van der Waals surface area contributed by atoms with Crippen LogP contribution >= 0.6 is 0 Å². The minimum Gasteiger partial charge on any atom is -0.393 e. The normalized spacial score (nSPS) is 20.4. The maximum atomic E-state index is 9.50. The van der Waals surface area contributed by atoms with E-state index in [0.29, 0.717) is 0 Å². The summed E-state index contributed by atoms with van der Waals surface area (Å²) in [5.41, 5.74) is 2.82. The van der Waals surface area contributed by atoms with Gasteiger partial charge in [0.05, 0.1) is 12.2 Å². The zero-order valence-electron chi connectivity index (χ0n) is 11.3. The van der Waals surface area contributed by atoms with Crippen LogP contribution in [0, 0.1) is 0 Å². The molecule has 1 aromatic carbocycles. The van der Waals surface area contributed by atoms with E-state index in [1.165, 1.54) is 24.0 Å². The van der Waals surface area contributed by atoms with Crippen molar-refractivity contribution in [2.75, 3.05) is 6.61 Å². The number of aliphatic hydroxyl groups excluding tert-OH is 1. The second kappa shape index (κ2) is 6.91. The molecule has 18 heavy (non-hydrogen) atoms. The predicted molar refractivity (Wildman–Crippen MR) is 73.6 cm³/mol. The molecule has 2 unspecified atom stereocenters. The van der Waals surface area contributed by atoms with Crippen molar-refractivity contribution in [1.29, 1.82) is 0 Å². The fourth-order valence-corrected chi connectivity index (χ4v) is 2.63. The maximum Gasteiger partial charge on any atom is 0.0827 e. The van der Waals surface area contributed by atoms with Crippen molar-refractivity contribution < 1.29 is 9.84 Å². The van der Waals surface area contributed by atoms with E-state index >= 15 is 0 Å². The summed E-state index contributed by atoms with van der Waals surface area (Å²) in [5.74, 6) is 0. The zero-order valence-corrected chi connectivity index (χ0v) is 11.3. The molecule has 2 heteroatoms. The van der Waals surface area contributed by atoms with Crippen LogP contribution in [0.25, 0.3) is 0 Å². The van der Waals surface area contributed by atoms with Crippen LogP contribution in [0.1, 0.15) is 56.3 Å². The first-order valence-corrected chi connectivity index (χ1v) is 7.18. The lowest BCUT2D eigenvalue weighted by Crippen LogP contribution is -2.14. The van der Waals surface area contributed by atoms with Crippen LogP contribution in [-0.2, 0) is 11.2 Å². The molecule has 1 aliphatic rings. The van der Waals surface area contributed by atoms with Crippen molar-refractivity contribution in [1.82, 2.24) is 0 Å². The number of hydrogen-bond donors (Lipinski definition) is 1. The Bertz CT molecular complexity index is 362. The first-order chi connectivity index (χ1) is 8.81. The van der Waals surface area contributed by atoms with Gasteiger partial charge in [-0.2, -0.15) is 0 Å². The van der Waals surface area contributed by atoms with Gasteiger partial charge in [0.15, 0.2) is 0 Å². The number of hydrogen-bond acceptors (Lipinski definition) is 2. The molecule has 0 saturated carbocycles. The second-order valence-corrected chi connectivity index (χ2v) is 5.15. The predicted octanol–water partition coefficient (Wildman–Crippen LogP) is 3.63. The van der Waals surface area contributed by atoms with Gasteiger partial charge in [0.1, 0.15) is 0 Å². The Morgan fingerprint density at radius 2 is 2.22 bits per heavy atom. The summed E-state index contributed by atoms with van der Waals surface area (Å²) in [6, 6.07) is 8.62. The van der Waals surface area contributed by atoms with Gasteiger partial charge in [-0.3, -0.25) is 0 Å². The Balaban J connectivity index is 1.81. The average molecular weight is 248 g/mol. The molecule has 1 aliphatic carbocycles. The molecule has 2 rings (SSSR count). The minimum absolute atomic E-state index is 0.160. The molecular weight excluding hydrogens is 224 g/mol. The van der Waals surface area contributed by atoms with Crippen LogP contribution in [-0.4, -0.2) is 17.8 Å². The number of rotatable bonds is 6. The molecule has 1 N–H and O–H groups in total. The Labute approximate surface area is 110 Å². The van der Waals surface area contributed by atoms with Gasteiger partial charge in [0.2, 0.25) is 0 Å². The molecule has 0 aromatic heterocycles. The van der Waals surface area contributed by atoms with E-state index in [9.17, 15) is 5.11 Å². The van der Waals surface area contributed by atoms with E-state index in [-0.39, 0.29) is 12.2 Å². The third kappa shape index (κ3) is 3.56. The van der Waals surface area contributed by atoms with Crippen LogP contribution in [0.15, 0.2) is 24.3 Å². The van der Waals surface area contributed by atoms with Crippen LogP contribution in [0.2, 0.25) is 0 Å². The lowest BCUT2D eigenvalue weighted by molar-refractivity contribution is 0.0317. The Hall–Kier alpha value is -0.860. The molecule has 0 saturated heterocycles. The van der Waals surface area contributed by atoms with Crippen LogP contribution in [0.3, 0.4) is 0 Å². The highest BCUT2D eigenvalue weighted by molar-refractivity contribution is 5.31. The monoisotopic (exact) mass is 248 g/mol. The van der Waals surface area contributed by atoms with Crippen molar-refractivity contribution >= 4 is 0 Å². The molecule has 1 aromatic rings. The zero-order chi connectivity index (χ0) is 12.8. The molecule has 2 atom stereocenters. The summed E-state index contributed by atoms with van der Waals surface area (Å²) >= 11 is 0. The van der Waals surface area contributed by atoms with Crippen molar-refractivity contribution in [3.63, 3.8) is 0 Å². The van der Waals surface area contributed by atoms with Crippen molar-refractivity contribution in [2.45, 2.75) is 57.7 Å². The summed E-state index contributed by atoms with van der Waals surface area (Å²) < 4.78 is 5.99. The summed E-state index contributed by atoms with van der Waals surface area (Å²) in [4.78, 5) is 0. The fourth-order valence-electron chi connectivity index (χ4n) is 2.63. The maximum absolute atomic E-state index is 9.50. The Kier molecular flexibility index (Phi) is 5.21. The van der Waals surface area contributed by atoms with E-state index < -0.39 is 0 Å². The number of ether oxygens (including phenoxy) is 1. The Morgan fingerprint density at radius 1 is 1.39 bits per heavy atom. The molecule has 100 valence electrons. The molecule has 0 radical (unpaired) electrons. The number of aliphatic hydroxyl groups is 1. The van der Waals surface area contributed by atoms with E-state index in [2.05, 4.69) is 24.3 Å². The van der Waals surface area contributed by atoms with Crippen molar-refractivity contribution in [3.05, 3.63) is 35.4 Å². The topological polar surface area (TPSA) is 29.5 Å². The first kappa shape index (κ1) is 13.6. The van der Waals surface area contributed by atoms with Crippen molar-refractivity contribution in [2.24, 2.45) is 0 Å². The lowest BCUT2D eigenvalue weighted by Gasteiger charge is -2.25. The highest BCUT2D eigenvalue weighted by Crippen LogP contribution is 2.32. The summed E-state index contributed by atoms with van der Waals surface area (Å²) in [7, 11) is 0. The van der Waals surface area contributed by atoms with Crippen LogP contribution in [0.4, 0.5) is 0 Å². The van der Waals surface area contributed by atoms with E-state index in [1.807, 2.05) is 6.92 Å². The molecule has 0 spiro atoms. The van der Waals surface area contributed by atoms with E-state index in [1.54, 1.807) is 0 Å². The number of benzene rings is 1. The highest BCUT2D eigenvalue weighted by atomic mass is 16.5. The lowest BCUT2D eigenvalue weighted by atomic mass is 9.89. The average Bonchev–Trinajstić information content (AvgIpc) is 2.43. The minimum atomic E-state index is -0.160. The van der Waals surface area contributed by atoms with Gasteiger partial charge >= 0.3 is 0 Å². The van der Waals surface area contributed by atoms with Crippen LogP contribution in [0.5, 0.6) is 0 Å². The van der Waals surface area contributed by atoms with E-state index in [4.69, 9.17) is 4.74 Å². The summed E-state index contributed by atoms with van der Waals surface area (Å²) in [6.07, 6.45) is 6.29. The third-order valence-corrected chi connectivity index (χ3v) is 3.79. The largest absolute Gasteiger partial charge is 0.393 e. The fraction of sp³-hybridized carbons (Fsp3) is 0.625. The summed E-state index contributed by atoms with van der Waals surface area (Å²) in [5, 5.41) is 9.50. The van der Waals surface area contributed by atoms with Gasteiger partial charge < -0.3 is 9.84 Å². The highest BCUT2D eigenvalue weighted by Gasteiger charge is 2.19. The number of fused-ring (bicyclic) bond motifs is 1. The van der Waals surface area contributed by atoms with Gasteiger partial charge in [0, 0.05) is 6.61 Å². The number of aryl methyl sites for hydroxylation is 1. The summed E-state index contributed by atoms with van der Waals surface area (Å²) in [6.45, 7) is 2.78. The van der Waals surface area contributed by atoms with E-state index in [0.717, 1.165) is 32.3 Å². The van der Waals surface area contributed by atoms with Gasteiger partial charge in [0.25, 0.3) is 0 Å². The smallest absolute Gasteiger partial charge is 0.0827 e. The molecule has 0 amide bonds. The van der Waals surface area contributed by atoms with Gasteiger partial charge in [-0.25, -0.2) is 0 Å².